The van der Waals surface area contributed by atoms with Gasteiger partial charge in [-0.3, -0.25) is 43.9 Å². The van der Waals surface area contributed by atoms with Crippen molar-refractivity contribution in [2.24, 2.45) is 11.7 Å². The van der Waals surface area contributed by atoms with E-state index >= 15 is 19.2 Å². The van der Waals surface area contributed by atoms with Crippen molar-refractivity contribution in [2.45, 2.75) is 362 Å². The van der Waals surface area contributed by atoms with E-state index < -0.39 is 157 Å². The maximum atomic E-state index is 16.6. The van der Waals surface area contributed by atoms with Crippen LogP contribution in [0, 0.1) is 5.92 Å². The Morgan fingerprint density at radius 1 is 0.441 bits per heavy atom. The Hall–Kier alpha value is -6.79. The monoisotopic (exact) mass is 1450 g/mol. The summed E-state index contributed by atoms with van der Waals surface area (Å²) >= 11 is 0. The lowest BCUT2D eigenvalue weighted by Crippen LogP contribution is -2.75. The second kappa shape index (κ2) is 52.2. The van der Waals surface area contributed by atoms with Gasteiger partial charge in [0, 0.05) is 58.4 Å². The largest absolute Gasteiger partial charge is 0.481 e. The van der Waals surface area contributed by atoms with Crippen molar-refractivity contribution in [3.8, 4) is 0 Å². The Morgan fingerprint density at radius 3 is 1.19 bits per heavy atom. The van der Waals surface area contributed by atoms with Gasteiger partial charge in [0.05, 0.1) is 12.0 Å². The molecule has 0 rings (SSSR count). The maximum Gasteiger partial charge on any atom is 0.410 e. The number of nitrogens with zero attached hydrogens (tertiary/aromatic N) is 3. The molecule has 0 radical (unpaired) electrons. The van der Waals surface area contributed by atoms with Crippen LogP contribution < -0.4 is 21.7 Å². The number of aliphatic carboxylic acids is 3. The number of allylic oxidation sites excluding steroid dienone is 4. The molecule has 25 heteroatoms. The number of carboxylic acid groups (broad SMARTS) is 3. The van der Waals surface area contributed by atoms with Gasteiger partial charge in [-0.25, -0.2) is 24.0 Å². The average molecular weight is 1450 g/mol. The Morgan fingerprint density at radius 2 is 0.814 bits per heavy atom. The van der Waals surface area contributed by atoms with E-state index in [4.69, 9.17) is 24.7 Å². The first-order valence-electron chi connectivity index (χ1n) is 38.2. The molecule has 0 bridgehead atoms. The molecule has 0 aliphatic carbocycles. The van der Waals surface area contributed by atoms with Crippen LogP contribution in [0.3, 0.4) is 0 Å². The number of imide groups is 1. The summed E-state index contributed by atoms with van der Waals surface area (Å²) in [5.41, 5.74) is -1.54. The van der Waals surface area contributed by atoms with Crippen LogP contribution >= 0.6 is 0 Å². The number of carbonyl (C=O) groups excluding carboxylic acids is 8. The van der Waals surface area contributed by atoms with Crippen LogP contribution in [0.2, 0.25) is 0 Å². The number of Topliss-reactive ketones (excluding diaryl/α,β-unsaturated/α-hetero) is 1. The number of unbranched alkanes of at least 4 members (excludes halogenated alkanes) is 22. The lowest BCUT2D eigenvalue weighted by molar-refractivity contribution is -0.179. The van der Waals surface area contributed by atoms with Gasteiger partial charge in [0.25, 0.3) is 0 Å². The fraction of sp³-hybridized carbons (Fsp3) is 0.805. The number of rotatable bonds is 56. The molecule has 0 heterocycles. The van der Waals surface area contributed by atoms with E-state index in [9.17, 15) is 48.9 Å². The van der Waals surface area contributed by atoms with Crippen LogP contribution in [0.4, 0.5) is 19.2 Å². The van der Waals surface area contributed by atoms with Crippen molar-refractivity contribution in [2.75, 3.05) is 32.7 Å². The predicted octanol–water partition coefficient (Wildman–Crippen LogP) is 15.6. The molecule has 0 aromatic rings. The van der Waals surface area contributed by atoms with E-state index in [2.05, 4.69) is 54.1 Å². The molecule has 0 spiro atoms. The molecule has 0 aliphatic heterocycles. The molecule has 0 aromatic carbocycles. The molecule has 7 amide bonds. The number of carboxylic acids is 3. The van der Waals surface area contributed by atoms with Gasteiger partial charge in [0.2, 0.25) is 23.4 Å². The van der Waals surface area contributed by atoms with E-state index in [1.54, 1.807) is 83.1 Å². The highest BCUT2D eigenvalue weighted by atomic mass is 16.6. The van der Waals surface area contributed by atoms with E-state index in [0.29, 0.717) is 30.6 Å². The normalized spacial score (nSPS) is 13.5. The Labute approximate surface area is 611 Å². The van der Waals surface area contributed by atoms with Crippen molar-refractivity contribution < 1.29 is 87.0 Å². The molecule has 0 aliphatic rings. The number of hydrogen-bond donors (Lipinski definition) is 7. The Bertz CT molecular complexity index is 2500. The van der Waals surface area contributed by atoms with Gasteiger partial charge in [-0.1, -0.05) is 141 Å². The summed E-state index contributed by atoms with van der Waals surface area (Å²) in [5, 5.41) is 40.7. The SMILES string of the molecule is CCCCCCCC/C=C\CCCCCCCC(=O)N(C(=O)CCCCCCC/C=C\CCCCCCCC)[C@](N[C@@H](CCC(=O)O)C(=O)O)(C(=O)O)C(CC(N)=O)C(=O)[C@H](CCCN(CCCNC(=O)OC(C)(C)C)C(=O)OC(C)(C)C)N(CCCNC(=O)OC(C)(C)C)C(=O)OC(C)(C)C. The van der Waals surface area contributed by atoms with Gasteiger partial charge in [0.15, 0.2) is 5.78 Å². The number of carbonyl (C=O) groups is 11. The second-order valence-corrected chi connectivity index (χ2v) is 30.8. The van der Waals surface area contributed by atoms with Gasteiger partial charge in [-0.2, -0.15) is 0 Å². The molecule has 102 heavy (non-hydrogen) atoms. The fourth-order valence-electron chi connectivity index (χ4n) is 11.5. The lowest BCUT2D eigenvalue weighted by atomic mass is 9.78. The van der Waals surface area contributed by atoms with Crippen molar-refractivity contribution in [1.29, 1.82) is 0 Å². The smallest absolute Gasteiger partial charge is 0.410 e. The number of nitrogens with two attached hydrogens (primary N) is 1. The zero-order chi connectivity index (χ0) is 77.4. The minimum atomic E-state index is -3.55. The highest BCUT2D eigenvalue weighted by Crippen LogP contribution is 2.35. The van der Waals surface area contributed by atoms with Crippen LogP contribution in [-0.2, 0) is 52.5 Å². The molecule has 0 aromatic heterocycles. The van der Waals surface area contributed by atoms with E-state index in [0.717, 1.165) is 69.1 Å². The maximum absolute atomic E-state index is 16.6. The molecular weight excluding hydrogens is 1310 g/mol. The predicted molar refractivity (Wildman–Crippen MR) is 396 cm³/mol. The van der Waals surface area contributed by atoms with Gasteiger partial charge >= 0.3 is 42.3 Å². The third-order valence-corrected chi connectivity index (χ3v) is 16.5. The third kappa shape index (κ3) is 46.0. The third-order valence-electron chi connectivity index (χ3n) is 16.5. The summed E-state index contributed by atoms with van der Waals surface area (Å²) in [6.07, 6.45) is 24.2. The van der Waals surface area contributed by atoms with Crippen molar-refractivity contribution in [3.63, 3.8) is 0 Å². The second-order valence-electron chi connectivity index (χ2n) is 30.8. The number of ketones is 1. The van der Waals surface area contributed by atoms with Crippen LogP contribution in [0.25, 0.3) is 0 Å². The standard InChI is InChI=1S/C77H137N7O18/c1-15-17-19-21-23-25-27-29-31-33-35-37-39-41-43-49-63(86)84(64(87)50-44-42-40-38-36-34-32-30-28-26-24-22-20-18-16-2)77(68(93)94,81-60(67(91)92)51-52-65(88)89)59(58-62(78)85)66(90)61(83(72(98)102-76(12,13)14)57-47-54-80-70(96)100-74(6,7)8)48-45-55-82(71(97)101-75(9,10)11)56-46-53-79-69(95)99-73(3,4)5/h29-32,59-61,81H,15-28,33-58H2,1-14H3,(H2,78,85)(H,79,95)(H,80,96)(H,88,89)(H,91,92)(H,93,94)/b31-29-,32-30-/t59?,60-,61-,77-/m0/s1. The first-order chi connectivity index (χ1) is 47.8. The molecular formula is C77H137N7O18. The highest BCUT2D eigenvalue weighted by Gasteiger charge is 2.60. The van der Waals surface area contributed by atoms with E-state index in [1.165, 1.54) is 69.1 Å². The summed E-state index contributed by atoms with van der Waals surface area (Å²) < 4.78 is 22.5. The van der Waals surface area contributed by atoms with Crippen molar-refractivity contribution >= 4 is 65.8 Å². The summed E-state index contributed by atoms with van der Waals surface area (Å²) in [7, 11) is 0. The summed E-state index contributed by atoms with van der Waals surface area (Å²) in [6, 6.07) is -4.18. The molecule has 0 fully saturated rings. The number of ether oxygens (including phenoxy) is 4. The molecule has 0 saturated heterocycles. The lowest BCUT2D eigenvalue weighted by Gasteiger charge is -2.47. The number of primary amides is 1. The molecule has 1 unspecified atom stereocenters. The minimum Gasteiger partial charge on any atom is -0.481 e. The van der Waals surface area contributed by atoms with Gasteiger partial charge in [0.1, 0.15) is 28.4 Å². The Kier molecular flexibility index (Phi) is 48.7. The van der Waals surface area contributed by atoms with E-state index in [1.807, 2.05) is 0 Å². The summed E-state index contributed by atoms with van der Waals surface area (Å²) in [5.74, 6) is -13.0. The number of nitrogens with one attached hydrogen (secondary N) is 3. The van der Waals surface area contributed by atoms with Crippen molar-refractivity contribution in [1.82, 2.24) is 30.7 Å². The zero-order valence-corrected chi connectivity index (χ0v) is 65.2. The summed E-state index contributed by atoms with van der Waals surface area (Å²) in [6.45, 7) is 23.1. The highest BCUT2D eigenvalue weighted by molar-refractivity contribution is 6.05. The first kappa shape index (κ1) is 95.2. The van der Waals surface area contributed by atoms with Crippen LogP contribution in [0.1, 0.15) is 322 Å². The van der Waals surface area contributed by atoms with Gasteiger partial charge in [-0.15, -0.1) is 0 Å². The molecule has 25 nitrogen and oxygen atoms in total. The Balaban J connectivity index is 8.44. The topological polar surface area (TPSA) is 357 Å². The van der Waals surface area contributed by atoms with Gasteiger partial charge in [-0.05, 0) is 179 Å². The fourth-order valence-corrected chi connectivity index (χ4v) is 11.5. The number of alkyl carbamates (subject to hydrolysis) is 2. The first-order valence-corrected chi connectivity index (χ1v) is 38.2. The average Bonchev–Trinajstić information content (AvgIpc) is 0.742. The van der Waals surface area contributed by atoms with Gasteiger partial charge < -0.3 is 55.5 Å². The summed E-state index contributed by atoms with van der Waals surface area (Å²) in [4.78, 5) is 159. The number of hydrogen-bond acceptors (Lipinski definition) is 16. The van der Waals surface area contributed by atoms with Crippen LogP contribution in [-0.4, -0.2) is 169 Å². The van der Waals surface area contributed by atoms with Crippen LogP contribution in [0.5, 0.6) is 0 Å². The van der Waals surface area contributed by atoms with E-state index in [-0.39, 0.29) is 58.3 Å². The molecule has 8 N–H and O–H groups in total. The minimum absolute atomic E-state index is 0.0321. The van der Waals surface area contributed by atoms with Crippen LogP contribution in [0.15, 0.2) is 24.3 Å². The molecule has 0 saturated carbocycles. The van der Waals surface area contributed by atoms with Crippen molar-refractivity contribution in [3.05, 3.63) is 24.3 Å². The molecule has 4 atom stereocenters. The molecule has 588 valence electrons. The number of amides is 7. The zero-order valence-electron chi connectivity index (χ0n) is 65.2. The quantitative estimate of drug-likeness (QED) is 0.0129.